The molecule has 3 heterocycles. The topological polar surface area (TPSA) is 24.8 Å². The molecule has 5 fully saturated rings. The largest absolute Gasteiger partial charge is 0.461 e. The molecule has 10 unspecified atom stereocenters. The lowest BCUT2D eigenvalue weighted by atomic mass is 9.22. The van der Waals surface area contributed by atoms with E-state index < -0.39 is 0 Å². The number of amidine groups is 1. The standard InChI is InChI=1S/C33H37BN2O/c1-18-16-27-32-30(19(18)2)35-33-36(32)31-25(15-14-20-9-7-13-28(37-33)29(20)31)34(27)26-17-21-8-3-4-10-22(21)23-11-5-6-12-24(23)26/h3-6,8,10-12,17-20,25,27-32H,7,9,13-16H2,1-2H3. The van der Waals surface area contributed by atoms with Crippen LogP contribution in [0, 0.1) is 23.7 Å². The lowest BCUT2D eigenvalue weighted by Crippen LogP contribution is -2.72. The number of fused-ring (bicyclic) bond motifs is 3. The van der Waals surface area contributed by atoms with Crippen LogP contribution < -0.4 is 5.46 Å². The van der Waals surface area contributed by atoms with E-state index in [2.05, 4.69) is 73.3 Å². The summed E-state index contributed by atoms with van der Waals surface area (Å²) in [6.45, 7) is 5.57. The van der Waals surface area contributed by atoms with Crippen LogP contribution in [0.2, 0.25) is 11.6 Å². The van der Waals surface area contributed by atoms with Crippen molar-refractivity contribution in [1.82, 2.24) is 4.90 Å². The summed E-state index contributed by atoms with van der Waals surface area (Å²) < 4.78 is 6.84. The fourth-order valence-corrected chi connectivity index (χ4v) is 10.5. The predicted molar refractivity (Wildman–Crippen MR) is 153 cm³/mol. The highest BCUT2D eigenvalue weighted by molar-refractivity contribution is 6.79. The molecule has 9 rings (SSSR count). The number of hydrogen-bond acceptors (Lipinski definition) is 3. The first kappa shape index (κ1) is 21.4. The van der Waals surface area contributed by atoms with E-state index in [0.29, 0.717) is 60.3 Å². The zero-order valence-corrected chi connectivity index (χ0v) is 22.1. The van der Waals surface area contributed by atoms with Gasteiger partial charge in [-0.1, -0.05) is 93.2 Å². The fourth-order valence-electron chi connectivity index (χ4n) is 10.5. The summed E-state index contributed by atoms with van der Waals surface area (Å²) in [6, 6.07) is 23.5. The van der Waals surface area contributed by atoms with Crippen LogP contribution in [-0.2, 0) is 4.74 Å². The van der Waals surface area contributed by atoms with Gasteiger partial charge in [-0.2, -0.15) is 0 Å². The van der Waals surface area contributed by atoms with Crippen molar-refractivity contribution in [3.63, 3.8) is 0 Å². The highest BCUT2D eigenvalue weighted by Gasteiger charge is 2.66. The molecule has 0 bridgehead atoms. The van der Waals surface area contributed by atoms with Gasteiger partial charge in [-0.3, -0.25) is 0 Å². The van der Waals surface area contributed by atoms with Gasteiger partial charge in [0.1, 0.15) is 6.10 Å². The van der Waals surface area contributed by atoms with Gasteiger partial charge in [0.2, 0.25) is 0 Å². The zero-order valence-electron chi connectivity index (χ0n) is 22.1. The van der Waals surface area contributed by atoms with Gasteiger partial charge in [0, 0.05) is 12.0 Å². The smallest absolute Gasteiger partial charge is 0.288 e. The van der Waals surface area contributed by atoms with Crippen molar-refractivity contribution in [2.75, 3.05) is 0 Å². The van der Waals surface area contributed by atoms with Gasteiger partial charge in [-0.05, 0) is 70.2 Å². The number of benzene rings is 3. The molecule has 37 heavy (non-hydrogen) atoms. The van der Waals surface area contributed by atoms with Crippen molar-refractivity contribution in [3.8, 4) is 0 Å². The second-order valence-corrected chi connectivity index (χ2v) is 13.5. The Morgan fingerprint density at radius 3 is 2.57 bits per heavy atom. The molecule has 10 atom stereocenters. The number of rotatable bonds is 1. The third-order valence-corrected chi connectivity index (χ3v) is 12.1. The van der Waals surface area contributed by atoms with Crippen LogP contribution in [0.4, 0.5) is 0 Å². The summed E-state index contributed by atoms with van der Waals surface area (Å²) in [5, 5.41) is 5.74. The third kappa shape index (κ3) is 2.73. The van der Waals surface area contributed by atoms with E-state index in [4.69, 9.17) is 9.73 Å². The summed E-state index contributed by atoms with van der Waals surface area (Å²) in [6.07, 6.45) is 8.42. The third-order valence-electron chi connectivity index (χ3n) is 12.1. The van der Waals surface area contributed by atoms with Crippen LogP contribution in [0.15, 0.2) is 59.6 Å². The van der Waals surface area contributed by atoms with Crippen LogP contribution in [0.3, 0.4) is 0 Å². The van der Waals surface area contributed by atoms with Crippen LogP contribution in [-0.4, -0.2) is 41.9 Å². The quantitative estimate of drug-likeness (QED) is 0.288. The summed E-state index contributed by atoms with van der Waals surface area (Å²) >= 11 is 0. The number of aliphatic imine (C=N–C) groups is 1. The average Bonchev–Trinajstić information content (AvgIpc) is 3.32. The Balaban J connectivity index is 1.29. The van der Waals surface area contributed by atoms with Gasteiger partial charge >= 0.3 is 0 Å². The Morgan fingerprint density at radius 1 is 0.865 bits per heavy atom. The highest BCUT2D eigenvalue weighted by Crippen LogP contribution is 2.61. The van der Waals surface area contributed by atoms with Gasteiger partial charge < -0.3 is 9.64 Å². The lowest BCUT2D eigenvalue weighted by Gasteiger charge is -2.64. The Hall–Kier alpha value is -2.49. The number of ether oxygens (including phenoxy) is 1. The monoisotopic (exact) mass is 488 g/mol. The molecule has 6 aliphatic rings. The molecule has 188 valence electrons. The Morgan fingerprint density at radius 2 is 1.68 bits per heavy atom. The minimum Gasteiger partial charge on any atom is -0.461 e. The maximum absolute atomic E-state index is 6.84. The molecule has 3 aliphatic heterocycles. The van der Waals surface area contributed by atoms with Gasteiger partial charge in [-0.25, -0.2) is 4.99 Å². The Bertz CT molecular complexity index is 1450. The molecule has 3 nitrogen and oxygen atoms in total. The summed E-state index contributed by atoms with van der Waals surface area (Å²) in [7, 11) is 0. The molecule has 0 spiro atoms. The van der Waals surface area contributed by atoms with E-state index in [1.807, 2.05) is 0 Å². The van der Waals surface area contributed by atoms with E-state index >= 15 is 0 Å². The van der Waals surface area contributed by atoms with Gasteiger partial charge in [-0.15, -0.1) is 0 Å². The van der Waals surface area contributed by atoms with Crippen molar-refractivity contribution < 1.29 is 4.74 Å². The molecule has 3 aliphatic carbocycles. The van der Waals surface area contributed by atoms with Gasteiger partial charge in [0.15, 0.2) is 6.71 Å². The van der Waals surface area contributed by atoms with Crippen LogP contribution in [0.5, 0.6) is 0 Å². The molecule has 3 aromatic rings. The molecular formula is C33H37BN2O. The molecule has 4 heteroatoms. The summed E-state index contributed by atoms with van der Waals surface area (Å²) in [4.78, 5) is 8.25. The minimum absolute atomic E-state index is 0.388. The fraction of sp³-hybridized carbons (Fsp3) is 0.545. The van der Waals surface area contributed by atoms with Crippen molar-refractivity contribution in [2.24, 2.45) is 28.7 Å². The van der Waals surface area contributed by atoms with E-state index in [9.17, 15) is 0 Å². The van der Waals surface area contributed by atoms with Gasteiger partial charge in [0.25, 0.3) is 6.02 Å². The van der Waals surface area contributed by atoms with E-state index in [0.717, 1.165) is 11.9 Å². The maximum atomic E-state index is 6.84. The molecule has 0 N–H and O–H groups in total. The average molecular weight is 488 g/mol. The van der Waals surface area contributed by atoms with Gasteiger partial charge in [0.05, 0.1) is 12.1 Å². The SMILES string of the molecule is CC1CC2B(c3cc4ccccc4c4ccccc34)C3CCC4CCCC5OC6=NC(C1C)C2N6C3C45. The van der Waals surface area contributed by atoms with E-state index in [1.165, 1.54) is 60.1 Å². The van der Waals surface area contributed by atoms with E-state index in [-0.39, 0.29) is 0 Å². The molecule has 0 aromatic heterocycles. The summed E-state index contributed by atoms with van der Waals surface area (Å²) in [5.74, 6) is 4.18. The number of nitrogens with zero attached hydrogens (tertiary/aromatic N) is 2. The summed E-state index contributed by atoms with van der Waals surface area (Å²) in [5.41, 5.74) is 1.63. The molecule has 0 radical (unpaired) electrons. The molecule has 3 aromatic carbocycles. The Kier molecular flexibility index (Phi) is 4.38. The zero-order chi connectivity index (χ0) is 24.4. The first-order valence-corrected chi connectivity index (χ1v) is 15.1. The number of hydrogen-bond donors (Lipinski definition) is 0. The van der Waals surface area contributed by atoms with E-state index in [1.54, 1.807) is 5.46 Å². The van der Waals surface area contributed by atoms with Crippen LogP contribution in [0.1, 0.15) is 52.4 Å². The predicted octanol–water partition coefficient (Wildman–Crippen LogP) is 6.51. The van der Waals surface area contributed by atoms with Crippen molar-refractivity contribution in [3.05, 3.63) is 54.6 Å². The normalized spacial score (nSPS) is 41.4. The first-order valence-electron chi connectivity index (χ1n) is 15.1. The van der Waals surface area contributed by atoms with Crippen LogP contribution in [0.25, 0.3) is 21.5 Å². The van der Waals surface area contributed by atoms with Crippen LogP contribution >= 0.6 is 0 Å². The first-order chi connectivity index (χ1) is 18.2. The second kappa shape index (κ2) is 7.55. The molecule has 2 saturated heterocycles. The minimum atomic E-state index is 0.388. The van der Waals surface area contributed by atoms with Crippen molar-refractivity contribution >= 4 is 39.7 Å². The highest BCUT2D eigenvalue weighted by atomic mass is 16.5. The second-order valence-electron chi connectivity index (χ2n) is 13.5. The molecular weight excluding hydrogens is 451 g/mol. The van der Waals surface area contributed by atoms with Crippen molar-refractivity contribution in [1.29, 1.82) is 0 Å². The van der Waals surface area contributed by atoms with Crippen molar-refractivity contribution in [2.45, 2.75) is 88.2 Å². The maximum Gasteiger partial charge on any atom is 0.288 e. The molecule has 0 amide bonds. The lowest BCUT2D eigenvalue weighted by molar-refractivity contribution is -0.0877. The molecule has 3 saturated carbocycles. The Labute approximate surface area is 220 Å².